The average Bonchev–Trinajstić information content (AvgIpc) is 3.13. The molecular formula is C15H18F3N5. The predicted molar refractivity (Wildman–Crippen MR) is 77.4 cm³/mol. The van der Waals surface area contributed by atoms with Gasteiger partial charge >= 0.3 is 6.18 Å². The zero-order valence-corrected chi connectivity index (χ0v) is 12.7. The van der Waals surface area contributed by atoms with Gasteiger partial charge in [-0.2, -0.15) is 18.4 Å². The fraction of sp³-hybridized carbons (Fsp3) is 0.533. The molecule has 0 amide bonds. The van der Waals surface area contributed by atoms with Gasteiger partial charge in [0.25, 0.3) is 0 Å². The van der Waals surface area contributed by atoms with Gasteiger partial charge < -0.3 is 0 Å². The van der Waals surface area contributed by atoms with E-state index in [1.54, 1.807) is 12.1 Å². The summed E-state index contributed by atoms with van der Waals surface area (Å²) < 4.78 is 38.0. The summed E-state index contributed by atoms with van der Waals surface area (Å²) in [5.41, 5.74) is 0.320. The molecule has 0 bridgehead atoms. The monoisotopic (exact) mass is 325 g/mol. The van der Waals surface area contributed by atoms with Crippen LogP contribution in [0, 0.1) is 5.92 Å². The summed E-state index contributed by atoms with van der Waals surface area (Å²) >= 11 is 0. The molecule has 2 aromatic rings. The quantitative estimate of drug-likeness (QED) is 0.939. The van der Waals surface area contributed by atoms with Crippen molar-refractivity contribution in [3.8, 4) is 0 Å². The molecule has 1 aliphatic rings. The lowest BCUT2D eigenvalue weighted by molar-refractivity contribution is -0.137. The van der Waals surface area contributed by atoms with Gasteiger partial charge in [-0.05, 0) is 30.0 Å². The van der Waals surface area contributed by atoms with Gasteiger partial charge in [0.15, 0.2) is 5.82 Å². The third-order valence-electron chi connectivity index (χ3n) is 4.25. The summed E-state index contributed by atoms with van der Waals surface area (Å²) in [6, 6.07) is 5.64. The molecule has 0 unspecified atom stereocenters. The van der Waals surface area contributed by atoms with Crippen molar-refractivity contribution < 1.29 is 13.2 Å². The number of likely N-dealkylation sites (tertiary alicyclic amines) is 1. The lowest BCUT2D eigenvalue weighted by atomic mass is 9.99. The third kappa shape index (κ3) is 3.69. The van der Waals surface area contributed by atoms with Crippen molar-refractivity contribution in [1.29, 1.82) is 0 Å². The molecule has 1 aromatic heterocycles. The van der Waals surface area contributed by atoms with Crippen LogP contribution in [0.15, 0.2) is 24.3 Å². The van der Waals surface area contributed by atoms with Gasteiger partial charge in [-0.15, -0.1) is 10.2 Å². The van der Waals surface area contributed by atoms with E-state index in [4.69, 9.17) is 0 Å². The zero-order chi connectivity index (χ0) is 16.4. The number of halogens is 3. The number of hydrogen-bond acceptors (Lipinski definition) is 4. The Bertz CT molecular complexity index is 624. The third-order valence-corrected chi connectivity index (χ3v) is 4.25. The van der Waals surface area contributed by atoms with Crippen LogP contribution in [0.3, 0.4) is 0 Å². The molecule has 0 saturated carbocycles. The fourth-order valence-corrected chi connectivity index (χ4v) is 3.15. The van der Waals surface area contributed by atoms with Crippen molar-refractivity contribution in [3.05, 3.63) is 41.2 Å². The van der Waals surface area contributed by atoms with Crippen molar-refractivity contribution in [3.63, 3.8) is 0 Å². The van der Waals surface area contributed by atoms with Gasteiger partial charge in [0.1, 0.15) is 0 Å². The molecule has 2 heterocycles. The number of hydrogen-bond donors (Lipinski definition) is 1. The lowest BCUT2D eigenvalue weighted by Gasteiger charge is -2.24. The van der Waals surface area contributed by atoms with Crippen LogP contribution in [-0.2, 0) is 12.6 Å². The molecule has 0 aliphatic carbocycles. The van der Waals surface area contributed by atoms with Crippen molar-refractivity contribution >= 4 is 0 Å². The van der Waals surface area contributed by atoms with E-state index >= 15 is 0 Å². The van der Waals surface area contributed by atoms with Crippen molar-refractivity contribution in [2.75, 3.05) is 13.1 Å². The average molecular weight is 325 g/mol. The Labute approximate surface area is 131 Å². The molecule has 5 nitrogen and oxygen atoms in total. The van der Waals surface area contributed by atoms with E-state index in [2.05, 4.69) is 32.4 Å². The normalized spacial score (nSPS) is 22.6. The molecule has 124 valence electrons. The standard InChI is InChI=1S/C15H18F3N5/c1-10-8-13(11-2-4-12(5-3-11)15(16,17)18)23(9-10)7-6-14-19-21-22-20-14/h2-5,10,13H,6-9H2,1H3,(H,19,20,21,22)/t10-,13-/m1/s1. The fourth-order valence-electron chi connectivity index (χ4n) is 3.15. The van der Waals surface area contributed by atoms with E-state index in [0.29, 0.717) is 18.2 Å². The van der Waals surface area contributed by atoms with E-state index in [-0.39, 0.29) is 6.04 Å². The first-order chi connectivity index (χ1) is 10.9. The minimum atomic E-state index is -4.29. The highest BCUT2D eigenvalue weighted by Gasteiger charge is 2.33. The predicted octanol–water partition coefficient (Wildman–Crippen LogP) is 2.84. The van der Waals surface area contributed by atoms with Crippen LogP contribution >= 0.6 is 0 Å². The number of H-pyrrole nitrogens is 1. The number of benzene rings is 1. The maximum Gasteiger partial charge on any atom is 0.416 e. The first kappa shape index (κ1) is 15.9. The first-order valence-electron chi connectivity index (χ1n) is 7.57. The van der Waals surface area contributed by atoms with Gasteiger partial charge in [0, 0.05) is 25.6 Å². The summed E-state index contributed by atoms with van der Waals surface area (Å²) in [5, 5.41) is 13.8. The van der Waals surface area contributed by atoms with Gasteiger partial charge in [0.05, 0.1) is 5.56 Å². The summed E-state index contributed by atoms with van der Waals surface area (Å²) in [6.45, 7) is 3.84. The van der Waals surface area contributed by atoms with Gasteiger partial charge in [0.2, 0.25) is 0 Å². The van der Waals surface area contributed by atoms with Crippen molar-refractivity contribution in [2.45, 2.75) is 32.0 Å². The van der Waals surface area contributed by atoms with Crippen LogP contribution in [0.1, 0.15) is 36.3 Å². The molecule has 1 aromatic carbocycles. The highest BCUT2D eigenvalue weighted by atomic mass is 19.4. The Morgan fingerprint density at radius 3 is 2.61 bits per heavy atom. The number of aromatic nitrogens is 4. The molecule has 8 heteroatoms. The summed E-state index contributed by atoms with van der Waals surface area (Å²) in [5.74, 6) is 1.16. The van der Waals surface area contributed by atoms with Crippen LogP contribution in [-0.4, -0.2) is 38.6 Å². The Kier molecular flexibility index (Phi) is 4.34. The highest BCUT2D eigenvalue weighted by Crippen LogP contribution is 2.36. The highest BCUT2D eigenvalue weighted by molar-refractivity contribution is 5.27. The van der Waals surface area contributed by atoms with Crippen LogP contribution in [0.2, 0.25) is 0 Å². The second-order valence-electron chi connectivity index (χ2n) is 6.05. The van der Waals surface area contributed by atoms with Gasteiger partial charge in [-0.3, -0.25) is 4.90 Å². The second-order valence-corrected chi connectivity index (χ2v) is 6.05. The molecule has 23 heavy (non-hydrogen) atoms. The molecule has 0 spiro atoms. The van der Waals surface area contributed by atoms with E-state index in [1.807, 2.05) is 0 Å². The van der Waals surface area contributed by atoms with Crippen LogP contribution in [0.25, 0.3) is 0 Å². The molecule has 1 fully saturated rings. The zero-order valence-electron chi connectivity index (χ0n) is 12.7. The van der Waals surface area contributed by atoms with E-state index in [0.717, 1.165) is 37.2 Å². The first-order valence-corrected chi connectivity index (χ1v) is 7.57. The summed E-state index contributed by atoms with van der Waals surface area (Å²) in [6.07, 6.45) is -2.68. The maximum atomic E-state index is 12.7. The summed E-state index contributed by atoms with van der Waals surface area (Å²) in [4.78, 5) is 2.28. The van der Waals surface area contributed by atoms with E-state index in [9.17, 15) is 13.2 Å². The smallest absolute Gasteiger partial charge is 0.296 e. The van der Waals surface area contributed by atoms with Crippen molar-refractivity contribution in [1.82, 2.24) is 25.5 Å². The number of tetrazole rings is 1. The topological polar surface area (TPSA) is 57.7 Å². The SMILES string of the molecule is C[C@@H]1C[C@H](c2ccc(C(F)(F)F)cc2)N(CCc2nn[nH]n2)C1. The largest absolute Gasteiger partial charge is 0.416 e. The Balaban J connectivity index is 1.71. The molecule has 1 N–H and O–H groups in total. The molecule has 2 atom stereocenters. The number of aromatic amines is 1. The number of nitrogens with zero attached hydrogens (tertiary/aromatic N) is 4. The minimum Gasteiger partial charge on any atom is -0.296 e. The van der Waals surface area contributed by atoms with Gasteiger partial charge in [-0.25, -0.2) is 0 Å². The number of alkyl halides is 3. The van der Waals surface area contributed by atoms with Gasteiger partial charge in [-0.1, -0.05) is 24.3 Å². The Morgan fingerprint density at radius 2 is 2.00 bits per heavy atom. The van der Waals surface area contributed by atoms with Crippen LogP contribution < -0.4 is 0 Å². The van der Waals surface area contributed by atoms with Crippen molar-refractivity contribution in [2.24, 2.45) is 5.92 Å². The van der Waals surface area contributed by atoms with Crippen LogP contribution in [0.4, 0.5) is 13.2 Å². The molecular weight excluding hydrogens is 307 g/mol. The summed E-state index contributed by atoms with van der Waals surface area (Å²) in [7, 11) is 0. The number of nitrogens with one attached hydrogen (secondary N) is 1. The van der Waals surface area contributed by atoms with Crippen LogP contribution in [0.5, 0.6) is 0 Å². The maximum absolute atomic E-state index is 12.7. The Hall–Kier alpha value is -1.96. The van der Waals surface area contributed by atoms with E-state index < -0.39 is 11.7 Å². The second kappa shape index (κ2) is 6.27. The molecule has 3 rings (SSSR count). The minimum absolute atomic E-state index is 0.138. The Morgan fingerprint density at radius 1 is 1.26 bits per heavy atom. The molecule has 0 radical (unpaired) electrons. The molecule has 1 aliphatic heterocycles. The van der Waals surface area contributed by atoms with E-state index in [1.165, 1.54) is 0 Å². The lowest BCUT2D eigenvalue weighted by Crippen LogP contribution is -2.26. The number of rotatable bonds is 4. The molecule has 1 saturated heterocycles.